The van der Waals surface area contributed by atoms with Crippen LogP contribution in [0.2, 0.25) is 0 Å². The Labute approximate surface area is 280 Å². The third kappa shape index (κ3) is 2.97. The summed E-state index contributed by atoms with van der Waals surface area (Å²) in [5.41, 5.74) is 13.5. The molecule has 0 radical (unpaired) electrons. The molecular formula is C45H25N3O. The van der Waals surface area contributed by atoms with E-state index in [0.717, 1.165) is 33.2 Å². The average molecular weight is 624 g/mol. The number of fused-ring (bicyclic) bond motifs is 10. The number of furan rings is 1. The van der Waals surface area contributed by atoms with Crippen molar-refractivity contribution >= 4 is 54.5 Å². The van der Waals surface area contributed by atoms with Gasteiger partial charge in [0, 0.05) is 45.6 Å². The van der Waals surface area contributed by atoms with Crippen LogP contribution in [-0.2, 0) is 5.41 Å². The van der Waals surface area contributed by atoms with E-state index in [9.17, 15) is 0 Å². The van der Waals surface area contributed by atoms with Crippen LogP contribution in [-0.4, -0.2) is 14.5 Å². The van der Waals surface area contributed by atoms with Gasteiger partial charge in [-0.2, -0.15) is 0 Å². The van der Waals surface area contributed by atoms with Crippen LogP contribution in [0.15, 0.2) is 156 Å². The first kappa shape index (κ1) is 25.6. The van der Waals surface area contributed by atoms with Gasteiger partial charge in [0.15, 0.2) is 5.82 Å². The zero-order valence-corrected chi connectivity index (χ0v) is 26.2. The average Bonchev–Trinajstić information content (AvgIpc) is 3.81. The molecule has 0 aliphatic heterocycles. The van der Waals surface area contributed by atoms with Gasteiger partial charge in [0.25, 0.3) is 0 Å². The number of benzene rings is 7. The summed E-state index contributed by atoms with van der Waals surface area (Å²) in [4.78, 5) is 9.45. The maximum absolute atomic E-state index is 6.57. The largest absolute Gasteiger partial charge is 0.456 e. The van der Waals surface area contributed by atoms with Crippen molar-refractivity contribution in [2.24, 2.45) is 0 Å². The maximum Gasteiger partial charge on any atom is 0.159 e. The highest BCUT2D eigenvalue weighted by molar-refractivity contribution is 6.26. The summed E-state index contributed by atoms with van der Waals surface area (Å²) in [5.74, 6) is 0.678. The molecule has 7 aromatic carbocycles. The Bertz CT molecular complexity index is 3010. The van der Waals surface area contributed by atoms with E-state index < -0.39 is 5.41 Å². The molecule has 0 atom stereocenters. The molecule has 0 N–H and O–H groups in total. The molecule has 10 aromatic rings. The number of rotatable bonds is 2. The Morgan fingerprint density at radius 3 is 1.96 bits per heavy atom. The van der Waals surface area contributed by atoms with Crippen LogP contribution in [0.4, 0.5) is 0 Å². The lowest BCUT2D eigenvalue weighted by atomic mass is 9.63. The molecule has 0 saturated heterocycles. The van der Waals surface area contributed by atoms with E-state index in [0.29, 0.717) is 5.82 Å². The molecule has 12 rings (SSSR count). The van der Waals surface area contributed by atoms with Gasteiger partial charge in [0.05, 0.1) is 22.1 Å². The van der Waals surface area contributed by atoms with E-state index in [1.807, 2.05) is 30.6 Å². The third-order valence-electron chi connectivity index (χ3n) is 11.1. The van der Waals surface area contributed by atoms with E-state index in [1.54, 1.807) is 0 Å². The Morgan fingerprint density at radius 2 is 1.14 bits per heavy atom. The number of hydrogen-bond acceptors (Lipinski definition) is 3. The minimum atomic E-state index is -0.439. The standard InChI is InChI=1S/C45H25N3O/c1-4-14-32-28(11-1)29-12-2-5-15-33(29)45(32)34-16-7-10-26-20-21-37-43(40(26)34)42-35(45)17-8-18-36(42)48(37)27-24-31(44-46-22-9-23-47-44)41-30-13-3-6-19-38(30)49-39(41)25-27/h1-25H. The monoisotopic (exact) mass is 623 g/mol. The first-order chi connectivity index (χ1) is 24.3. The lowest BCUT2D eigenvalue weighted by molar-refractivity contribution is 0.668. The van der Waals surface area contributed by atoms with Gasteiger partial charge in [-0.15, -0.1) is 0 Å². The Morgan fingerprint density at radius 1 is 0.469 bits per heavy atom. The highest BCUT2D eigenvalue weighted by Crippen LogP contribution is 2.62. The van der Waals surface area contributed by atoms with Crippen LogP contribution < -0.4 is 0 Å². The van der Waals surface area contributed by atoms with Gasteiger partial charge in [-0.05, 0) is 74.5 Å². The van der Waals surface area contributed by atoms with E-state index in [2.05, 4.69) is 126 Å². The topological polar surface area (TPSA) is 43.9 Å². The fraction of sp³-hybridized carbons (Fsp3) is 0.0222. The zero-order chi connectivity index (χ0) is 31.8. The molecule has 0 saturated carbocycles. The van der Waals surface area contributed by atoms with Crippen LogP contribution in [0.3, 0.4) is 0 Å². The second kappa shape index (κ2) is 8.88. The molecule has 0 unspecified atom stereocenters. The van der Waals surface area contributed by atoms with Crippen molar-refractivity contribution in [1.29, 1.82) is 0 Å². The van der Waals surface area contributed by atoms with Gasteiger partial charge in [-0.3, -0.25) is 0 Å². The predicted octanol–water partition coefficient (Wildman–Crippen LogP) is 11.0. The summed E-state index contributed by atoms with van der Waals surface area (Å²) in [6, 6.07) is 50.9. The Balaban J connectivity index is 1.27. The van der Waals surface area contributed by atoms with Gasteiger partial charge in [-0.25, -0.2) is 9.97 Å². The summed E-state index contributed by atoms with van der Waals surface area (Å²) in [7, 11) is 0. The lowest BCUT2D eigenvalue weighted by Crippen LogP contribution is -2.30. The highest BCUT2D eigenvalue weighted by atomic mass is 16.3. The quantitative estimate of drug-likeness (QED) is 0.192. The van der Waals surface area contributed by atoms with Crippen molar-refractivity contribution in [2.75, 3.05) is 0 Å². The number of nitrogens with zero attached hydrogens (tertiary/aromatic N) is 3. The molecule has 49 heavy (non-hydrogen) atoms. The normalized spacial score (nSPS) is 13.9. The maximum atomic E-state index is 6.57. The molecule has 2 aliphatic carbocycles. The fourth-order valence-corrected chi connectivity index (χ4v) is 9.37. The molecular weight excluding hydrogens is 599 g/mol. The van der Waals surface area contributed by atoms with E-state index >= 15 is 0 Å². The van der Waals surface area contributed by atoms with E-state index in [4.69, 9.17) is 14.4 Å². The molecule has 0 amide bonds. The zero-order valence-electron chi connectivity index (χ0n) is 26.2. The molecule has 3 aromatic heterocycles. The van der Waals surface area contributed by atoms with Gasteiger partial charge in [0.1, 0.15) is 11.2 Å². The van der Waals surface area contributed by atoms with Crippen molar-refractivity contribution in [3.05, 3.63) is 174 Å². The van der Waals surface area contributed by atoms with Crippen molar-refractivity contribution in [3.63, 3.8) is 0 Å². The molecule has 3 heterocycles. The minimum absolute atomic E-state index is 0.439. The van der Waals surface area contributed by atoms with Gasteiger partial charge in [0.2, 0.25) is 0 Å². The van der Waals surface area contributed by atoms with Crippen LogP contribution in [0.25, 0.3) is 82.7 Å². The molecule has 2 aliphatic rings. The van der Waals surface area contributed by atoms with Crippen LogP contribution in [0.5, 0.6) is 0 Å². The number of para-hydroxylation sites is 1. The van der Waals surface area contributed by atoms with Crippen molar-refractivity contribution < 1.29 is 4.42 Å². The first-order valence-corrected chi connectivity index (χ1v) is 16.7. The minimum Gasteiger partial charge on any atom is -0.456 e. The predicted molar refractivity (Wildman–Crippen MR) is 197 cm³/mol. The third-order valence-corrected chi connectivity index (χ3v) is 11.1. The SMILES string of the molecule is c1cnc(-c2cc(-n3c4cccc5c4c4c6c(cccc6ccc43)C53c4ccccc4-c4ccccc43)cc3oc4ccccc4c23)nc1. The van der Waals surface area contributed by atoms with E-state index in [-0.39, 0.29) is 0 Å². The van der Waals surface area contributed by atoms with Crippen molar-refractivity contribution in [1.82, 2.24) is 14.5 Å². The van der Waals surface area contributed by atoms with Gasteiger partial charge < -0.3 is 8.98 Å². The molecule has 4 nitrogen and oxygen atoms in total. The summed E-state index contributed by atoms with van der Waals surface area (Å²) < 4.78 is 8.99. The van der Waals surface area contributed by atoms with Gasteiger partial charge >= 0.3 is 0 Å². The molecule has 4 heteroatoms. The molecule has 0 fully saturated rings. The smallest absolute Gasteiger partial charge is 0.159 e. The Hall–Kier alpha value is -6.52. The highest BCUT2D eigenvalue weighted by Gasteiger charge is 2.49. The summed E-state index contributed by atoms with van der Waals surface area (Å²) in [5, 5.41) is 7.27. The number of hydrogen-bond donors (Lipinski definition) is 0. The van der Waals surface area contributed by atoms with Gasteiger partial charge in [-0.1, -0.05) is 103 Å². The lowest BCUT2D eigenvalue weighted by Gasteiger charge is -2.37. The molecule has 1 spiro atoms. The van der Waals surface area contributed by atoms with E-state index in [1.165, 1.54) is 66.0 Å². The Kier molecular flexibility index (Phi) is 4.63. The summed E-state index contributed by atoms with van der Waals surface area (Å²) in [6.07, 6.45) is 3.62. The van der Waals surface area contributed by atoms with Crippen LogP contribution >= 0.6 is 0 Å². The second-order valence-corrected chi connectivity index (χ2v) is 13.3. The van der Waals surface area contributed by atoms with Crippen molar-refractivity contribution in [3.8, 4) is 28.2 Å². The first-order valence-electron chi connectivity index (χ1n) is 16.7. The second-order valence-electron chi connectivity index (χ2n) is 13.3. The molecule has 0 bridgehead atoms. The van der Waals surface area contributed by atoms with Crippen molar-refractivity contribution in [2.45, 2.75) is 5.41 Å². The van der Waals surface area contributed by atoms with Crippen LogP contribution in [0.1, 0.15) is 22.3 Å². The fourth-order valence-electron chi connectivity index (χ4n) is 9.37. The summed E-state index contributed by atoms with van der Waals surface area (Å²) in [6.45, 7) is 0. The number of aromatic nitrogens is 3. The van der Waals surface area contributed by atoms with Crippen LogP contribution in [0, 0.1) is 0 Å². The molecule has 226 valence electrons. The summed E-state index contributed by atoms with van der Waals surface area (Å²) >= 11 is 0.